The minimum atomic E-state index is -0.279. The largest absolute Gasteiger partial charge is 0.330 e. The van der Waals surface area contributed by atoms with Crippen molar-refractivity contribution in [1.29, 1.82) is 0 Å². The topological polar surface area (TPSA) is 80.0 Å². The van der Waals surface area contributed by atoms with Gasteiger partial charge < -0.3 is 5.32 Å². The third-order valence-electron chi connectivity index (χ3n) is 2.80. The lowest BCUT2D eigenvalue weighted by Crippen LogP contribution is -2.34. The van der Waals surface area contributed by atoms with Gasteiger partial charge in [0, 0.05) is 5.56 Å². The molecule has 0 fully saturated rings. The molecule has 0 spiro atoms. The number of nitrogens with one attached hydrogen (secondary N) is 2. The number of amides is 1. The summed E-state index contributed by atoms with van der Waals surface area (Å²) in [6.07, 6.45) is 0. The summed E-state index contributed by atoms with van der Waals surface area (Å²) in [7, 11) is 0. The van der Waals surface area contributed by atoms with Gasteiger partial charge in [-0.3, -0.25) is 10.1 Å². The third kappa shape index (κ3) is 2.87. The van der Waals surface area contributed by atoms with E-state index in [1.807, 2.05) is 6.07 Å². The Kier molecular flexibility index (Phi) is 3.57. The van der Waals surface area contributed by atoms with Gasteiger partial charge in [-0.1, -0.05) is 24.3 Å². The van der Waals surface area contributed by atoms with Crippen LogP contribution >= 0.6 is 12.2 Å². The number of aromatic nitrogens is 2. The van der Waals surface area contributed by atoms with E-state index in [1.165, 1.54) is 0 Å². The molecule has 0 atom stereocenters. The van der Waals surface area contributed by atoms with Crippen LogP contribution in [0.4, 0.5) is 5.69 Å². The van der Waals surface area contributed by atoms with Crippen molar-refractivity contribution in [2.24, 2.45) is 0 Å². The van der Waals surface area contributed by atoms with Gasteiger partial charge in [-0.15, -0.1) is 0 Å². The summed E-state index contributed by atoms with van der Waals surface area (Å²) in [5.74, 6) is -0.279. The Morgan fingerprint density at radius 2 is 1.86 bits per heavy atom. The fourth-order valence-electron chi connectivity index (χ4n) is 1.83. The van der Waals surface area contributed by atoms with Crippen molar-refractivity contribution >= 4 is 40.0 Å². The maximum Gasteiger partial charge on any atom is 0.257 e. The van der Waals surface area contributed by atoms with Crippen LogP contribution < -0.4 is 10.6 Å². The Labute approximate surface area is 125 Å². The molecular formula is C14H10N4O2S. The number of nitrogens with zero attached hydrogens (tertiary/aromatic N) is 2. The monoisotopic (exact) mass is 298 g/mol. The van der Waals surface area contributed by atoms with Crippen LogP contribution in [0.3, 0.4) is 0 Å². The van der Waals surface area contributed by atoms with Gasteiger partial charge in [-0.05, 0) is 46.8 Å². The zero-order chi connectivity index (χ0) is 14.7. The molecule has 0 aliphatic heterocycles. The van der Waals surface area contributed by atoms with Gasteiger partial charge in [-0.25, -0.2) is 4.63 Å². The molecule has 1 aromatic heterocycles. The van der Waals surface area contributed by atoms with E-state index in [4.69, 9.17) is 12.2 Å². The minimum absolute atomic E-state index is 0.180. The molecular weight excluding hydrogens is 288 g/mol. The number of anilines is 1. The predicted octanol–water partition coefficient (Wildman–Crippen LogP) is 2.35. The third-order valence-corrected chi connectivity index (χ3v) is 3.00. The number of hydrogen-bond acceptors (Lipinski definition) is 5. The highest BCUT2D eigenvalue weighted by Crippen LogP contribution is 2.19. The van der Waals surface area contributed by atoms with Crippen molar-refractivity contribution in [3.8, 4) is 0 Å². The van der Waals surface area contributed by atoms with Gasteiger partial charge in [0.25, 0.3) is 5.91 Å². The second-order valence-electron chi connectivity index (χ2n) is 4.21. The number of hydrogen-bond donors (Lipinski definition) is 2. The SMILES string of the molecule is O=C(NC(=S)Nc1cccc2nonc12)c1ccccc1. The maximum absolute atomic E-state index is 12.0. The van der Waals surface area contributed by atoms with E-state index in [2.05, 4.69) is 25.6 Å². The lowest BCUT2D eigenvalue weighted by atomic mass is 10.2. The lowest BCUT2D eigenvalue weighted by Gasteiger charge is -2.09. The number of thiocarbonyl (C=S) groups is 1. The van der Waals surface area contributed by atoms with Crippen LogP contribution in [-0.4, -0.2) is 21.3 Å². The highest BCUT2D eigenvalue weighted by atomic mass is 32.1. The number of rotatable bonds is 2. The van der Waals surface area contributed by atoms with Gasteiger partial charge >= 0.3 is 0 Å². The molecule has 1 heterocycles. The van der Waals surface area contributed by atoms with E-state index in [9.17, 15) is 4.79 Å². The predicted molar refractivity (Wildman–Crippen MR) is 81.9 cm³/mol. The Bertz CT molecular complexity index is 801. The second-order valence-corrected chi connectivity index (χ2v) is 4.62. The molecule has 0 bridgehead atoms. The van der Waals surface area contributed by atoms with Crippen molar-refractivity contribution in [2.45, 2.75) is 0 Å². The van der Waals surface area contributed by atoms with Crippen LogP contribution in [0.2, 0.25) is 0 Å². The maximum atomic E-state index is 12.0. The van der Waals surface area contributed by atoms with Crippen molar-refractivity contribution in [2.75, 3.05) is 5.32 Å². The first-order chi connectivity index (χ1) is 10.2. The van der Waals surface area contributed by atoms with E-state index < -0.39 is 0 Å². The van der Waals surface area contributed by atoms with E-state index in [0.29, 0.717) is 22.3 Å². The van der Waals surface area contributed by atoms with Crippen molar-refractivity contribution in [3.63, 3.8) is 0 Å². The average Bonchev–Trinajstić information content (AvgIpc) is 2.97. The van der Waals surface area contributed by atoms with Crippen LogP contribution in [-0.2, 0) is 0 Å². The highest BCUT2D eigenvalue weighted by Gasteiger charge is 2.10. The van der Waals surface area contributed by atoms with Gasteiger partial charge in [0.05, 0.1) is 5.69 Å². The van der Waals surface area contributed by atoms with Crippen LogP contribution in [0.5, 0.6) is 0 Å². The molecule has 0 unspecified atom stereocenters. The molecule has 104 valence electrons. The molecule has 3 rings (SSSR count). The zero-order valence-corrected chi connectivity index (χ0v) is 11.6. The van der Waals surface area contributed by atoms with Gasteiger partial charge in [0.1, 0.15) is 5.52 Å². The summed E-state index contributed by atoms with van der Waals surface area (Å²) in [4.78, 5) is 12.0. The normalized spacial score (nSPS) is 10.3. The van der Waals surface area contributed by atoms with E-state index >= 15 is 0 Å². The quantitative estimate of drug-likeness (QED) is 0.707. The molecule has 6 nitrogen and oxygen atoms in total. The first-order valence-electron chi connectivity index (χ1n) is 6.13. The first kappa shape index (κ1) is 13.2. The fourth-order valence-corrected chi connectivity index (χ4v) is 2.03. The first-order valence-corrected chi connectivity index (χ1v) is 6.53. The summed E-state index contributed by atoms with van der Waals surface area (Å²) in [6.45, 7) is 0. The minimum Gasteiger partial charge on any atom is -0.330 e. The number of carbonyl (C=O) groups is 1. The van der Waals surface area contributed by atoms with Crippen molar-refractivity contribution in [3.05, 3.63) is 54.1 Å². The molecule has 3 aromatic rings. The van der Waals surface area contributed by atoms with Gasteiger partial charge in [0.15, 0.2) is 10.6 Å². The molecule has 21 heavy (non-hydrogen) atoms. The fraction of sp³-hybridized carbons (Fsp3) is 0. The van der Waals surface area contributed by atoms with Crippen LogP contribution in [0.1, 0.15) is 10.4 Å². The standard InChI is InChI=1S/C14H10N4O2S/c19-13(9-5-2-1-3-6-9)16-14(21)15-10-7-4-8-11-12(10)18-20-17-11/h1-8H,(H2,15,16,19,21). The van der Waals surface area contributed by atoms with E-state index in [-0.39, 0.29) is 11.0 Å². The second kappa shape index (κ2) is 5.68. The molecule has 1 amide bonds. The summed E-state index contributed by atoms with van der Waals surface area (Å²) in [6, 6.07) is 14.2. The summed E-state index contributed by atoms with van der Waals surface area (Å²) in [5.41, 5.74) is 2.31. The van der Waals surface area contributed by atoms with Gasteiger partial charge in [-0.2, -0.15) is 0 Å². The highest BCUT2D eigenvalue weighted by molar-refractivity contribution is 7.80. The molecule has 0 aliphatic carbocycles. The zero-order valence-electron chi connectivity index (χ0n) is 10.7. The molecule has 0 radical (unpaired) electrons. The Balaban J connectivity index is 1.72. The van der Waals surface area contributed by atoms with Crippen molar-refractivity contribution in [1.82, 2.24) is 15.6 Å². The number of carbonyl (C=O) groups excluding carboxylic acids is 1. The summed E-state index contributed by atoms with van der Waals surface area (Å²) in [5, 5.41) is 13.2. The Hall–Kier alpha value is -2.80. The molecule has 2 N–H and O–H groups in total. The smallest absolute Gasteiger partial charge is 0.257 e. The van der Waals surface area contributed by atoms with E-state index in [1.54, 1.807) is 42.5 Å². The van der Waals surface area contributed by atoms with Crippen molar-refractivity contribution < 1.29 is 9.42 Å². The summed E-state index contributed by atoms with van der Waals surface area (Å²) < 4.78 is 4.67. The summed E-state index contributed by atoms with van der Waals surface area (Å²) >= 11 is 5.13. The average molecular weight is 298 g/mol. The van der Waals surface area contributed by atoms with Crippen LogP contribution in [0.15, 0.2) is 53.2 Å². The Morgan fingerprint density at radius 3 is 2.67 bits per heavy atom. The molecule has 0 saturated heterocycles. The molecule has 0 saturated carbocycles. The number of fused-ring (bicyclic) bond motifs is 1. The molecule has 0 aliphatic rings. The Morgan fingerprint density at radius 1 is 1.05 bits per heavy atom. The number of benzene rings is 2. The van der Waals surface area contributed by atoms with Crippen LogP contribution in [0.25, 0.3) is 11.0 Å². The molecule has 7 heteroatoms. The van der Waals surface area contributed by atoms with E-state index in [0.717, 1.165) is 0 Å². The van der Waals surface area contributed by atoms with Gasteiger partial charge in [0.2, 0.25) is 0 Å². The molecule has 2 aromatic carbocycles. The van der Waals surface area contributed by atoms with Crippen LogP contribution in [0, 0.1) is 0 Å². The lowest BCUT2D eigenvalue weighted by molar-refractivity contribution is 0.0978.